The molecule has 0 aliphatic carbocycles. The molecular formula is C11H13Cl2NO3. The van der Waals surface area contributed by atoms with Crippen LogP contribution in [0.3, 0.4) is 0 Å². The molecule has 1 fully saturated rings. The SMILES string of the molecule is COc1cc([C@H]2CCOC(=O)N2)ccc1Cl.Cl. The van der Waals surface area contributed by atoms with Crippen molar-refractivity contribution >= 4 is 30.1 Å². The van der Waals surface area contributed by atoms with Gasteiger partial charge >= 0.3 is 6.09 Å². The van der Waals surface area contributed by atoms with Crippen LogP contribution in [0.15, 0.2) is 18.2 Å². The Morgan fingerprint density at radius 1 is 1.53 bits per heavy atom. The summed E-state index contributed by atoms with van der Waals surface area (Å²) in [5, 5.41) is 3.30. The Morgan fingerprint density at radius 2 is 2.29 bits per heavy atom. The molecule has 6 heteroatoms. The van der Waals surface area contributed by atoms with E-state index in [1.54, 1.807) is 13.2 Å². The van der Waals surface area contributed by atoms with E-state index in [-0.39, 0.29) is 24.5 Å². The second-order valence-corrected chi connectivity index (χ2v) is 3.92. The molecule has 1 heterocycles. The smallest absolute Gasteiger partial charge is 0.407 e. The van der Waals surface area contributed by atoms with Gasteiger partial charge in [0, 0.05) is 6.42 Å². The Kier molecular flexibility index (Phi) is 4.90. The second kappa shape index (κ2) is 5.98. The van der Waals surface area contributed by atoms with Crippen LogP contribution in [0.25, 0.3) is 0 Å². The number of halogens is 2. The van der Waals surface area contributed by atoms with E-state index in [1.807, 2.05) is 12.1 Å². The van der Waals surface area contributed by atoms with Gasteiger partial charge in [-0.05, 0) is 17.7 Å². The van der Waals surface area contributed by atoms with E-state index in [4.69, 9.17) is 21.1 Å². The standard InChI is InChI=1S/C11H12ClNO3.ClH/c1-15-10-6-7(2-3-8(10)12)9-4-5-16-11(14)13-9;/h2-3,6,9H,4-5H2,1H3,(H,13,14);1H/t9-;/m1./s1. The van der Waals surface area contributed by atoms with Gasteiger partial charge in [0.25, 0.3) is 0 Å². The average molecular weight is 278 g/mol. The van der Waals surface area contributed by atoms with Gasteiger partial charge in [-0.1, -0.05) is 17.7 Å². The monoisotopic (exact) mass is 277 g/mol. The van der Waals surface area contributed by atoms with Crippen LogP contribution in [0.4, 0.5) is 4.79 Å². The first kappa shape index (κ1) is 13.9. The number of rotatable bonds is 2. The summed E-state index contributed by atoms with van der Waals surface area (Å²) < 4.78 is 9.93. The normalized spacial score (nSPS) is 18.7. The van der Waals surface area contributed by atoms with Gasteiger partial charge in [-0.15, -0.1) is 12.4 Å². The van der Waals surface area contributed by atoms with Crippen molar-refractivity contribution in [1.29, 1.82) is 0 Å². The fraction of sp³-hybridized carbons (Fsp3) is 0.364. The Balaban J connectivity index is 0.00000144. The molecule has 1 amide bonds. The fourth-order valence-electron chi connectivity index (χ4n) is 1.67. The van der Waals surface area contributed by atoms with E-state index in [2.05, 4.69) is 5.32 Å². The molecule has 1 atom stereocenters. The van der Waals surface area contributed by atoms with Crippen LogP contribution in [0.2, 0.25) is 5.02 Å². The number of carbonyl (C=O) groups is 1. The molecule has 1 aliphatic rings. The zero-order valence-electron chi connectivity index (χ0n) is 9.23. The van der Waals surface area contributed by atoms with Crippen molar-refractivity contribution < 1.29 is 14.3 Å². The molecular weight excluding hydrogens is 265 g/mol. The van der Waals surface area contributed by atoms with Gasteiger partial charge in [0.2, 0.25) is 0 Å². The predicted molar refractivity (Wildman–Crippen MR) is 67.1 cm³/mol. The lowest BCUT2D eigenvalue weighted by molar-refractivity contribution is 0.115. The highest BCUT2D eigenvalue weighted by molar-refractivity contribution is 6.32. The number of carbonyl (C=O) groups excluding carboxylic acids is 1. The van der Waals surface area contributed by atoms with Gasteiger partial charge in [-0.25, -0.2) is 4.79 Å². The molecule has 1 N–H and O–H groups in total. The van der Waals surface area contributed by atoms with Gasteiger partial charge in [-0.3, -0.25) is 0 Å². The molecule has 0 aromatic heterocycles. The first-order valence-electron chi connectivity index (χ1n) is 4.97. The maximum Gasteiger partial charge on any atom is 0.407 e. The molecule has 1 saturated heterocycles. The van der Waals surface area contributed by atoms with Crippen molar-refractivity contribution in [2.24, 2.45) is 0 Å². The van der Waals surface area contributed by atoms with Crippen LogP contribution in [-0.4, -0.2) is 19.8 Å². The van der Waals surface area contributed by atoms with E-state index in [9.17, 15) is 4.79 Å². The van der Waals surface area contributed by atoms with Crippen LogP contribution in [-0.2, 0) is 4.74 Å². The van der Waals surface area contributed by atoms with Gasteiger partial charge in [-0.2, -0.15) is 0 Å². The first-order valence-corrected chi connectivity index (χ1v) is 5.35. The summed E-state index contributed by atoms with van der Waals surface area (Å²) in [6, 6.07) is 5.43. The lowest BCUT2D eigenvalue weighted by Crippen LogP contribution is -2.35. The molecule has 1 aromatic rings. The Morgan fingerprint density at radius 3 is 2.94 bits per heavy atom. The molecule has 0 radical (unpaired) electrons. The van der Waals surface area contributed by atoms with Crippen molar-refractivity contribution in [1.82, 2.24) is 5.32 Å². The molecule has 0 unspecified atom stereocenters. The quantitative estimate of drug-likeness (QED) is 0.904. The zero-order chi connectivity index (χ0) is 11.5. The molecule has 2 rings (SSSR count). The van der Waals surface area contributed by atoms with Crippen LogP contribution in [0.5, 0.6) is 5.75 Å². The number of nitrogens with one attached hydrogen (secondary N) is 1. The maximum atomic E-state index is 11.1. The Hall–Kier alpha value is -1.13. The summed E-state index contributed by atoms with van der Waals surface area (Å²) in [5.41, 5.74) is 0.970. The van der Waals surface area contributed by atoms with E-state index < -0.39 is 0 Å². The summed E-state index contributed by atoms with van der Waals surface area (Å²) in [4.78, 5) is 11.1. The van der Waals surface area contributed by atoms with Gasteiger partial charge in [0.05, 0.1) is 24.8 Å². The van der Waals surface area contributed by atoms with E-state index in [0.29, 0.717) is 17.4 Å². The highest BCUT2D eigenvalue weighted by Crippen LogP contribution is 2.29. The maximum absolute atomic E-state index is 11.1. The molecule has 0 bridgehead atoms. The van der Waals surface area contributed by atoms with Crippen LogP contribution >= 0.6 is 24.0 Å². The largest absolute Gasteiger partial charge is 0.495 e. The Bertz CT molecular complexity index is 412. The highest BCUT2D eigenvalue weighted by atomic mass is 35.5. The van der Waals surface area contributed by atoms with Crippen molar-refractivity contribution in [2.45, 2.75) is 12.5 Å². The van der Waals surface area contributed by atoms with Crippen LogP contribution < -0.4 is 10.1 Å². The average Bonchev–Trinajstić information content (AvgIpc) is 2.29. The number of cyclic esters (lactones) is 1. The van der Waals surface area contributed by atoms with Crippen molar-refractivity contribution in [3.05, 3.63) is 28.8 Å². The number of ether oxygens (including phenoxy) is 2. The van der Waals surface area contributed by atoms with Crippen molar-refractivity contribution in [3.8, 4) is 5.75 Å². The molecule has 4 nitrogen and oxygen atoms in total. The highest BCUT2D eigenvalue weighted by Gasteiger charge is 2.21. The number of benzene rings is 1. The van der Waals surface area contributed by atoms with Gasteiger partial charge in [0.15, 0.2) is 0 Å². The number of amides is 1. The lowest BCUT2D eigenvalue weighted by Gasteiger charge is -2.24. The molecule has 1 aliphatic heterocycles. The molecule has 0 spiro atoms. The number of hydrogen-bond acceptors (Lipinski definition) is 3. The Labute approximate surface area is 111 Å². The van der Waals surface area contributed by atoms with Crippen molar-refractivity contribution in [2.75, 3.05) is 13.7 Å². The zero-order valence-corrected chi connectivity index (χ0v) is 10.8. The van der Waals surface area contributed by atoms with E-state index >= 15 is 0 Å². The summed E-state index contributed by atoms with van der Waals surface area (Å²) in [6.45, 7) is 0.432. The van der Waals surface area contributed by atoms with Gasteiger partial charge in [0.1, 0.15) is 5.75 Å². The summed E-state index contributed by atoms with van der Waals surface area (Å²) in [7, 11) is 1.56. The molecule has 0 saturated carbocycles. The lowest BCUT2D eigenvalue weighted by atomic mass is 10.0. The minimum absolute atomic E-state index is 0. The third kappa shape index (κ3) is 3.17. The third-order valence-electron chi connectivity index (χ3n) is 2.51. The number of hydrogen-bond donors (Lipinski definition) is 1. The molecule has 17 heavy (non-hydrogen) atoms. The molecule has 1 aromatic carbocycles. The number of alkyl carbamates (subject to hydrolysis) is 1. The summed E-state index contributed by atoms with van der Waals surface area (Å²) >= 11 is 5.93. The number of methoxy groups -OCH3 is 1. The third-order valence-corrected chi connectivity index (χ3v) is 2.82. The minimum Gasteiger partial charge on any atom is -0.495 e. The van der Waals surface area contributed by atoms with Crippen LogP contribution in [0.1, 0.15) is 18.0 Å². The predicted octanol–water partition coefficient (Wildman–Crippen LogP) is 2.94. The minimum atomic E-state index is -0.384. The topological polar surface area (TPSA) is 47.6 Å². The summed E-state index contributed by atoms with van der Waals surface area (Å²) in [5.74, 6) is 0.611. The van der Waals surface area contributed by atoms with Crippen LogP contribution in [0, 0.1) is 0 Å². The van der Waals surface area contributed by atoms with E-state index in [1.165, 1.54) is 0 Å². The second-order valence-electron chi connectivity index (χ2n) is 3.52. The fourth-order valence-corrected chi connectivity index (χ4v) is 1.86. The van der Waals surface area contributed by atoms with Gasteiger partial charge < -0.3 is 14.8 Å². The first-order chi connectivity index (χ1) is 7.70. The molecule has 94 valence electrons. The van der Waals surface area contributed by atoms with Crippen molar-refractivity contribution in [3.63, 3.8) is 0 Å². The summed E-state index contributed by atoms with van der Waals surface area (Å²) in [6.07, 6.45) is 0.362. The van der Waals surface area contributed by atoms with E-state index in [0.717, 1.165) is 12.0 Å².